The fraction of sp³-hybridized carbons (Fsp3) is 0.357. The molecule has 1 atom stereocenters. The number of aromatic nitrogens is 2. The Hall–Kier alpha value is -1.09. The van der Waals surface area contributed by atoms with Gasteiger partial charge in [-0.25, -0.2) is 0 Å². The zero-order valence-corrected chi connectivity index (χ0v) is 11.8. The van der Waals surface area contributed by atoms with Gasteiger partial charge in [-0.1, -0.05) is 46.3 Å². The van der Waals surface area contributed by atoms with Crippen molar-refractivity contribution in [2.24, 2.45) is 7.05 Å². The van der Waals surface area contributed by atoms with Crippen molar-refractivity contribution in [1.82, 2.24) is 9.78 Å². The Bertz CT molecular complexity index is 476. The number of halogens is 1. The zero-order chi connectivity index (χ0) is 12.3. The molecule has 0 fully saturated rings. The van der Waals surface area contributed by atoms with Crippen LogP contribution >= 0.6 is 15.9 Å². The van der Waals surface area contributed by atoms with Gasteiger partial charge in [0.15, 0.2) is 0 Å². The molecule has 0 aliphatic heterocycles. The second-order valence-corrected chi connectivity index (χ2v) is 5.42. The summed E-state index contributed by atoms with van der Waals surface area (Å²) in [7, 11) is 2.01. The third-order valence-electron chi connectivity index (χ3n) is 2.91. The summed E-state index contributed by atoms with van der Waals surface area (Å²) in [6, 6.07) is 12.7. The Morgan fingerprint density at radius 1 is 1.29 bits per heavy atom. The van der Waals surface area contributed by atoms with Crippen LogP contribution in [0.3, 0.4) is 0 Å². The van der Waals surface area contributed by atoms with Gasteiger partial charge in [0.1, 0.15) is 0 Å². The van der Waals surface area contributed by atoms with E-state index in [0.717, 1.165) is 18.5 Å². The Morgan fingerprint density at radius 3 is 2.59 bits per heavy atom. The second kappa shape index (κ2) is 5.50. The molecule has 2 aromatic rings. The molecule has 0 N–H and O–H groups in total. The first-order valence-electron chi connectivity index (χ1n) is 5.85. The fourth-order valence-electron chi connectivity index (χ4n) is 2.00. The SMILES string of the molecule is Cc1cc(CCC(Br)c2ccccc2)n(C)n1. The lowest BCUT2D eigenvalue weighted by molar-refractivity contribution is 0.677. The van der Waals surface area contributed by atoms with E-state index in [1.54, 1.807) is 0 Å². The van der Waals surface area contributed by atoms with Gasteiger partial charge in [0.2, 0.25) is 0 Å². The molecule has 0 aliphatic carbocycles. The molecule has 0 saturated carbocycles. The Kier molecular flexibility index (Phi) is 4.00. The van der Waals surface area contributed by atoms with Crippen molar-refractivity contribution < 1.29 is 0 Å². The number of hydrogen-bond acceptors (Lipinski definition) is 1. The standard InChI is InChI=1S/C14H17BrN2/c1-11-10-13(17(2)16-11)8-9-14(15)12-6-4-3-5-7-12/h3-7,10,14H,8-9H2,1-2H3. The van der Waals surface area contributed by atoms with Crippen LogP contribution in [0, 0.1) is 6.92 Å². The van der Waals surface area contributed by atoms with Crippen molar-refractivity contribution in [3.05, 3.63) is 53.3 Å². The maximum absolute atomic E-state index is 4.36. The van der Waals surface area contributed by atoms with Gasteiger partial charge >= 0.3 is 0 Å². The molecule has 90 valence electrons. The van der Waals surface area contributed by atoms with E-state index in [-0.39, 0.29) is 0 Å². The van der Waals surface area contributed by atoms with E-state index in [1.807, 2.05) is 24.7 Å². The van der Waals surface area contributed by atoms with Gasteiger partial charge < -0.3 is 0 Å². The molecule has 1 unspecified atom stereocenters. The largest absolute Gasteiger partial charge is 0.272 e. The fourth-order valence-corrected chi connectivity index (χ4v) is 2.54. The third kappa shape index (κ3) is 3.19. The highest BCUT2D eigenvalue weighted by Crippen LogP contribution is 2.27. The van der Waals surface area contributed by atoms with E-state index in [9.17, 15) is 0 Å². The molecule has 0 radical (unpaired) electrons. The summed E-state index contributed by atoms with van der Waals surface area (Å²) in [5.74, 6) is 0. The Labute approximate surface area is 111 Å². The summed E-state index contributed by atoms with van der Waals surface area (Å²) in [5, 5.41) is 4.36. The molecular weight excluding hydrogens is 276 g/mol. The van der Waals surface area contributed by atoms with Crippen LogP contribution < -0.4 is 0 Å². The smallest absolute Gasteiger partial charge is 0.0596 e. The molecule has 2 rings (SSSR count). The molecule has 0 amide bonds. The van der Waals surface area contributed by atoms with Crippen molar-refractivity contribution in [2.75, 3.05) is 0 Å². The minimum Gasteiger partial charge on any atom is -0.272 e. The average molecular weight is 293 g/mol. The van der Waals surface area contributed by atoms with Crippen molar-refractivity contribution in [3.8, 4) is 0 Å². The highest BCUT2D eigenvalue weighted by molar-refractivity contribution is 9.09. The number of alkyl halides is 1. The minimum atomic E-state index is 0.416. The van der Waals surface area contributed by atoms with Crippen LogP contribution in [0.25, 0.3) is 0 Å². The summed E-state index contributed by atoms with van der Waals surface area (Å²) in [4.78, 5) is 0.416. The van der Waals surface area contributed by atoms with Gasteiger partial charge in [-0.2, -0.15) is 5.10 Å². The quantitative estimate of drug-likeness (QED) is 0.784. The Balaban J connectivity index is 1.97. The lowest BCUT2D eigenvalue weighted by atomic mass is 10.1. The van der Waals surface area contributed by atoms with Crippen LogP contribution in [0.2, 0.25) is 0 Å². The van der Waals surface area contributed by atoms with Gasteiger partial charge in [-0.05, 0) is 31.4 Å². The molecule has 1 aromatic heterocycles. The number of nitrogens with zero attached hydrogens (tertiary/aromatic N) is 2. The topological polar surface area (TPSA) is 17.8 Å². The lowest BCUT2D eigenvalue weighted by Gasteiger charge is -2.09. The van der Waals surface area contributed by atoms with E-state index in [4.69, 9.17) is 0 Å². The van der Waals surface area contributed by atoms with Gasteiger partial charge in [-0.15, -0.1) is 0 Å². The van der Waals surface area contributed by atoms with Crippen LogP contribution in [0.15, 0.2) is 36.4 Å². The first kappa shape index (κ1) is 12.4. The molecule has 3 heteroatoms. The number of benzene rings is 1. The van der Waals surface area contributed by atoms with Gasteiger partial charge in [0.25, 0.3) is 0 Å². The van der Waals surface area contributed by atoms with Crippen molar-refractivity contribution in [3.63, 3.8) is 0 Å². The van der Waals surface area contributed by atoms with Gasteiger partial charge in [-0.3, -0.25) is 4.68 Å². The minimum absolute atomic E-state index is 0.416. The Morgan fingerprint density at radius 2 is 2.00 bits per heavy atom. The van der Waals surface area contributed by atoms with E-state index in [0.29, 0.717) is 4.83 Å². The van der Waals surface area contributed by atoms with Crippen LogP contribution in [0.5, 0.6) is 0 Å². The molecule has 1 aromatic carbocycles. The molecule has 0 bridgehead atoms. The molecule has 2 nitrogen and oxygen atoms in total. The molecule has 0 saturated heterocycles. The maximum Gasteiger partial charge on any atom is 0.0596 e. The summed E-state index contributed by atoms with van der Waals surface area (Å²) >= 11 is 3.75. The van der Waals surface area contributed by atoms with E-state index in [1.165, 1.54) is 11.3 Å². The van der Waals surface area contributed by atoms with Crippen LogP contribution in [0.1, 0.15) is 28.2 Å². The van der Waals surface area contributed by atoms with Crippen molar-refractivity contribution >= 4 is 15.9 Å². The van der Waals surface area contributed by atoms with E-state index < -0.39 is 0 Å². The molecule has 17 heavy (non-hydrogen) atoms. The van der Waals surface area contributed by atoms with E-state index in [2.05, 4.69) is 51.4 Å². The summed E-state index contributed by atoms with van der Waals surface area (Å²) in [6.45, 7) is 2.03. The van der Waals surface area contributed by atoms with Gasteiger partial charge in [0, 0.05) is 17.6 Å². The number of hydrogen-bond donors (Lipinski definition) is 0. The summed E-state index contributed by atoms with van der Waals surface area (Å²) in [6.07, 6.45) is 2.13. The monoisotopic (exact) mass is 292 g/mol. The van der Waals surface area contributed by atoms with Crippen molar-refractivity contribution in [2.45, 2.75) is 24.6 Å². The molecular formula is C14H17BrN2. The second-order valence-electron chi connectivity index (χ2n) is 4.32. The molecule has 1 heterocycles. The lowest BCUT2D eigenvalue weighted by Crippen LogP contribution is -2.00. The number of rotatable bonds is 4. The first-order valence-corrected chi connectivity index (χ1v) is 6.77. The average Bonchev–Trinajstić information content (AvgIpc) is 2.66. The summed E-state index contributed by atoms with van der Waals surface area (Å²) < 4.78 is 1.97. The number of aryl methyl sites for hydroxylation is 3. The van der Waals surface area contributed by atoms with Crippen LogP contribution in [-0.2, 0) is 13.5 Å². The maximum atomic E-state index is 4.36. The third-order valence-corrected chi connectivity index (χ3v) is 3.90. The summed E-state index contributed by atoms with van der Waals surface area (Å²) in [5.41, 5.74) is 3.72. The normalized spacial score (nSPS) is 12.6. The zero-order valence-electron chi connectivity index (χ0n) is 10.2. The van der Waals surface area contributed by atoms with Gasteiger partial charge in [0.05, 0.1) is 5.69 Å². The van der Waals surface area contributed by atoms with Crippen LogP contribution in [0.4, 0.5) is 0 Å². The highest BCUT2D eigenvalue weighted by atomic mass is 79.9. The molecule has 0 spiro atoms. The first-order chi connectivity index (χ1) is 8.16. The van der Waals surface area contributed by atoms with Crippen LogP contribution in [-0.4, -0.2) is 9.78 Å². The highest BCUT2D eigenvalue weighted by Gasteiger charge is 2.09. The predicted molar refractivity (Wildman–Crippen MR) is 74.4 cm³/mol. The predicted octanol–water partition coefficient (Wildman–Crippen LogP) is 3.80. The molecule has 0 aliphatic rings. The van der Waals surface area contributed by atoms with E-state index >= 15 is 0 Å². The van der Waals surface area contributed by atoms with Crippen molar-refractivity contribution in [1.29, 1.82) is 0 Å².